The quantitative estimate of drug-likeness (QED) is 0.295. The molecule has 0 saturated heterocycles. The van der Waals surface area contributed by atoms with Crippen LogP contribution in [0.1, 0.15) is 16.1 Å². The Hall–Kier alpha value is -3.99. The molecule has 0 aliphatic rings. The number of nitro groups is 1. The number of carbonyl (C=O) groups is 1. The summed E-state index contributed by atoms with van der Waals surface area (Å²) in [5.74, 6) is 0.258. The minimum atomic E-state index is -0.546. The monoisotopic (exact) mass is 496 g/mol. The lowest BCUT2D eigenvalue weighted by Gasteiger charge is -2.09. The maximum atomic E-state index is 12.7. The minimum absolute atomic E-state index is 0.156. The molecule has 0 bridgehead atoms. The largest absolute Gasteiger partial charge is 0.457 e. The maximum absolute atomic E-state index is 12.7. The number of benzene rings is 2. The third-order valence-electron chi connectivity index (χ3n) is 4.35. The molecule has 2 aromatic heterocycles. The molecule has 0 saturated carbocycles. The fourth-order valence-electron chi connectivity index (χ4n) is 2.96. The van der Waals surface area contributed by atoms with Crippen LogP contribution < -0.4 is 10.1 Å². The lowest BCUT2D eigenvalue weighted by molar-refractivity contribution is -0.384. The van der Waals surface area contributed by atoms with Gasteiger partial charge in [-0.3, -0.25) is 19.6 Å². The van der Waals surface area contributed by atoms with Crippen molar-refractivity contribution in [3.8, 4) is 11.5 Å². The Morgan fingerprint density at radius 1 is 1.19 bits per heavy atom. The van der Waals surface area contributed by atoms with Gasteiger partial charge in [0.1, 0.15) is 18.2 Å². The van der Waals surface area contributed by atoms with Crippen LogP contribution in [0, 0.1) is 17.0 Å². The SMILES string of the molecule is Cc1cccc(Oc2cc(NC(=O)c3ccn(Cn4cc(Br)cn4)n3)cc([N+](=O)[O-])c2)c1. The van der Waals surface area contributed by atoms with E-state index in [0.717, 1.165) is 10.0 Å². The van der Waals surface area contributed by atoms with E-state index in [4.69, 9.17) is 4.74 Å². The Morgan fingerprint density at radius 2 is 2.03 bits per heavy atom. The van der Waals surface area contributed by atoms with E-state index in [1.54, 1.807) is 40.1 Å². The summed E-state index contributed by atoms with van der Waals surface area (Å²) in [4.78, 5) is 23.5. The molecule has 4 aromatic rings. The molecule has 4 rings (SSSR count). The molecule has 0 radical (unpaired) electrons. The van der Waals surface area contributed by atoms with E-state index in [9.17, 15) is 14.9 Å². The van der Waals surface area contributed by atoms with Crippen molar-refractivity contribution in [3.63, 3.8) is 0 Å². The molecule has 0 fully saturated rings. The molecule has 0 aliphatic carbocycles. The first-order valence-electron chi connectivity index (χ1n) is 9.42. The fraction of sp³-hybridized carbons (Fsp3) is 0.0952. The first kappa shape index (κ1) is 21.2. The first-order valence-corrected chi connectivity index (χ1v) is 10.2. The summed E-state index contributed by atoms with van der Waals surface area (Å²) in [6.45, 7) is 2.24. The van der Waals surface area contributed by atoms with Gasteiger partial charge in [-0.05, 0) is 46.6 Å². The molecule has 32 heavy (non-hydrogen) atoms. The second kappa shape index (κ2) is 9.02. The Morgan fingerprint density at radius 3 is 2.75 bits per heavy atom. The van der Waals surface area contributed by atoms with Crippen molar-refractivity contribution in [2.75, 3.05) is 5.32 Å². The van der Waals surface area contributed by atoms with E-state index in [0.29, 0.717) is 12.4 Å². The highest BCUT2D eigenvalue weighted by molar-refractivity contribution is 9.10. The predicted molar refractivity (Wildman–Crippen MR) is 120 cm³/mol. The molecule has 0 spiro atoms. The van der Waals surface area contributed by atoms with Crippen LogP contribution >= 0.6 is 15.9 Å². The van der Waals surface area contributed by atoms with Crippen LogP contribution in [0.5, 0.6) is 11.5 Å². The van der Waals surface area contributed by atoms with Gasteiger partial charge in [-0.2, -0.15) is 10.2 Å². The Balaban J connectivity index is 1.52. The molecule has 1 N–H and O–H groups in total. The van der Waals surface area contributed by atoms with Crippen LogP contribution in [0.3, 0.4) is 0 Å². The summed E-state index contributed by atoms with van der Waals surface area (Å²) in [6, 6.07) is 12.9. The average Bonchev–Trinajstić information content (AvgIpc) is 3.37. The third kappa shape index (κ3) is 5.19. The van der Waals surface area contributed by atoms with Gasteiger partial charge in [0, 0.05) is 24.5 Å². The zero-order chi connectivity index (χ0) is 22.7. The Labute approximate surface area is 190 Å². The number of carbonyl (C=O) groups excluding carboxylic acids is 1. The van der Waals surface area contributed by atoms with Crippen molar-refractivity contribution < 1.29 is 14.5 Å². The van der Waals surface area contributed by atoms with Crippen molar-refractivity contribution in [2.45, 2.75) is 13.6 Å². The minimum Gasteiger partial charge on any atom is -0.457 e. The van der Waals surface area contributed by atoms with Gasteiger partial charge in [-0.15, -0.1) is 0 Å². The van der Waals surface area contributed by atoms with E-state index in [1.807, 2.05) is 25.1 Å². The van der Waals surface area contributed by atoms with Crippen LogP contribution in [0.2, 0.25) is 0 Å². The molecule has 2 aromatic carbocycles. The molecule has 162 valence electrons. The van der Waals surface area contributed by atoms with Crippen LogP contribution in [0.25, 0.3) is 0 Å². The second-order valence-electron chi connectivity index (χ2n) is 6.93. The highest BCUT2D eigenvalue weighted by Gasteiger charge is 2.16. The van der Waals surface area contributed by atoms with E-state index in [-0.39, 0.29) is 22.8 Å². The van der Waals surface area contributed by atoms with E-state index in [1.165, 1.54) is 18.2 Å². The summed E-state index contributed by atoms with van der Waals surface area (Å²) >= 11 is 3.32. The van der Waals surface area contributed by atoms with Crippen molar-refractivity contribution in [3.05, 3.63) is 93.0 Å². The van der Waals surface area contributed by atoms with Crippen LogP contribution in [0.4, 0.5) is 11.4 Å². The highest BCUT2D eigenvalue weighted by Crippen LogP contribution is 2.30. The number of anilines is 1. The Bertz CT molecular complexity index is 1300. The van der Waals surface area contributed by atoms with Crippen LogP contribution in [0.15, 0.2) is 71.6 Å². The Kier molecular flexibility index (Phi) is 5.99. The van der Waals surface area contributed by atoms with Gasteiger partial charge < -0.3 is 10.1 Å². The summed E-state index contributed by atoms with van der Waals surface area (Å²) in [5, 5.41) is 22.4. The standard InChI is InChI=1S/C21H17BrN6O4/c1-14-3-2-4-18(7-14)32-19-9-16(8-17(10-19)28(30)31)24-21(29)20-5-6-26(25-20)13-27-12-15(22)11-23-27/h2-12H,13H2,1H3,(H,24,29). The first-order chi connectivity index (χ1) is 15.4. The molecular weight excluding hydrogens is 480 g/mol. The number of nitro benzene ring substituents is 1. The molecule has 2 heterocycles. The van der Waals surface area contributed by atoms with E-state index < -0.39 is 10.8 Å². The second-order valence-corrected chi connectivity index (χ2v) is 7.84. The smallest absolute Gasteiger partial charge is 0.276 e. The van der Waals surface area contributed by atoms with Crippen LogP contribution in [-0.4, -0.2) is 30.4 Å². The van der Waals surface area contributed by atoms with Crippen molar-refractivity contribution in [1.82, 2.24) is 19.6 Å². The number of nitrogens with zero attached hydrogens (tertiary/aromatic N) is 5. The normalized spacial score (nSPS) is 10.7. The lowest BCUT2D eigenvalue weighted by Crippen LogP contribution is -2.15. The zero-order valence-corrected chi connectivity index (χ0v) is 18.4. The summed E-state index contributed by atoms with van der Waals surface area (Å²) in [6.07, 6.45) is 5.07. The zero-order valence-electron chi connectivity index (χ0n) is 16.8. The predicted octanol–water partition coefficient (Wildman–Crippen LogP) is 4.61. The van der Waals surface area contributed by atoms with Gasteiger partial charge in [0.05, 0.1) is 27.3 Å². The summed E-state index contributed by atoms with van der Waals surface area (Å²) in [7, 11) is 0. The lowest BCUT2D eigenvalue weighted by atomic mass is 10.2. The summed E-state index contributed by atoms with van der Waals surface area (Å²) in [5.41, 5.74) is 1.15. The van der Waals surface area contributed by atoms with Gasteiger partial charge in [0.15, 0.2) is 5.69 Å². The number of ether oxygens (including phenoxy) is 1. The fourth-order valence-corrected chi connectivity index (χ4v) is 3.28. The number of hydrogen-bond donors (Lipinski definition) is 1. The molecule has 1 amide bonds. The molecule has 10 nitrogen and oxygen atoms in total. The molecule has 0 aliphatic heterocycles. The number of non-ortho nitro benzene ring substituents is 1. The number of aryl methyl sites for hydroxylation is 1. The maximum Gasteiger partial charge on any atom is 0.276 e. The molecule has 0 unspecified atom stereocenters. The highest BCUT2D eigenvalue weighted by atomic mass is 79.9. The van der Waals surface area contributed by atoms with Crippen molar-refractivity contribution >= 4 is 33.2 Å². The summed E-state index contributed by atoms with van der Waals surface area (Å²) < 4.78 is 9.79. The molecule has 0 atom stereocenters. The van der Waals surface area contributed by atoms with Gasteiger partial charge in [0.25, 0.3) is 11.6 Å². The van der Waals surface area contributed by atoms with Gasteiger partial charge >= 0.3 is 0 Å². The van der Waals surface area contributed by atoms with Gasteiger partial charge in [-0.1, -0.05) is 12.1 Å². The topological polar surface area (TPSA) is 117 Å². The van der Waals surface area contributed by atoms with E-state index in [2.05, 4.69) is 31.4 Å². The number of rotatable bonds is 7. The van der Waals surface area contributed by atoms with Crippen molar-refractivity contribution in [2.24, 2.45) is 0 Å². The third-order valence-corrected chi connectivity index (χ3v) is 4.76. The number of nitrogens with one attached hydrogen (secondary N) is 1. The van der Waals surface area contributed by atoms with E-state index >= 15 is 0 Å². The number of halogens is 1. The van der Waals surface area contributed by atoms with Gasteiger partial charge in [-0.25, -0.2) is 4.68 Å². The van der Waals surface area contributed by atoms with Gasteiger partial charge in [0.2, 0.25) is 0 Å². The van der Waals surface area contributed by atoms with Crippen molar-refractivity contribution in [1.29, 1.82) is 0 Å². The average molecular weight is 497 g/mol. The number of amides is 1. The molecule has 11 heteroatoms. The number of hydrogen-bond acceptors (Lipinski definition) is 6. The number of aromatic nitrogens is 4. The van der Waals surface area contributed by atoms with Crippen LogP contribution in [-0.2, 0) is 6.67 Å². The molecular formula is C21H17BrN6O4.